The van der Waals surface area contributed by atoms with Gasteiger partial charge in [-0.25, -0.2) is 0 Å². The van der Waals surface area contributed by atoms with Gasteiger partial charge < -0.3 is 9.64 Å². The van der Waals surface area contributed by atoms with Gasteiger partial charge in [0.05, 0.1) is 18.8 Å². The summed E-state index contributed by atoms with van der Waals surface area (Å²) in [5, 5.41) is 0. The van der Waals surface area contributed by atoms with Crippen LogP contribution in [0.15, 0.2) is 42.5 Å². The van der Waals surface area contributed by atoms with E-state index in [2.05, 4.69) is 9.88 Å². The van der Waals surface area contributed by atoms with Gasteiger partial charge in [-0.1, -0.05) is 6.07 Å². The van der Waals surface area contributed by atoms with Crippen molar-refractivity contribution in [3.05, 3.63) is 53.9 Å². The molecule has 126 valence electrons. The van der Waals surface area contributed by atoms with Gasteiger partial charge in [-0.3, -0.25) is 14.7 Å². The van der Waals surface area contributed by atoms with Gasteiger partial charge in [0.25, 0.3) is 0 Å². The first kappa shape index (κ1) is 16.5. The van der Waals surface area contributed by atoms with Crippen molar-refractivity contribution in [1.82, 2.24) is 9.88 Å². The number of hydrogen-bond donors (Lipinski definition) is 0. The SMILES string of the molecule is COc1ccc(N2CCN(Cc3cccc(C)n3)[C@H](C)C2=O)cc1. The molecule has 0 spiro atoms. The van der Waals surface area contributed by atoms with E-state index in [1.165, 1.54) is 0 Å². The largest absolute Gasteiger partial charge is 0.497 e. The number of piperazine rings is 1. The minimum absolute atomic E-state index is 0.124. The van der Waals surface area contributed by atoms with Gasteiger partial charge in [0, 0.05) is 31.0 Å². The van der Waals surface area contributed by atoms with Crippen LogP contribution in [0, 0.1) is 6.92 Å². The fourth-order valence-corrected chi connectivity index (χ4v) is 3.04. The van der Waals surface area contributed by atoms with E-state index in [1.807, 2.05) is 61.2 Å². The maximum atomic E-state index is 12.8. The minimum atomic E-state index is -0.164. The van der Waals surface area contributed by atoms with E-state index in [9.17, 15) is 4.79 Å². The highest BCUT2D eigenvalue weighted by Crippen LogP contribution is 2.23. The first-order valence-electron chi connectivity index (χ1n) is 8.20. The lowest BCUT2D eigenvalue weighted by Crippen LogP contribution is -2.55. The third-order valence-electron chi connectivity index (χ3n) is 4.48. The number of aryl methyl sites for hydroxylation is 1. The van der Waals surface area contributed by atoms with Gasteiger partial charge in [0.15, 0.2) is 0 Å². The Balaban J connectivity index is 1.70. The highest BCUT2D eigenvalue weighted by atomic mass is 16.5. The number of rotatable bonds is 4. The molecule has 1 atom stereocenters. The molecule has 1 aliphatic heterocycles. The molecule has 24 heavy (non-hydrogen) atoms. The van der Waals surface area contributed by atoms with Crippen LogP contribution in [-0.2, 0) is 11.3 Å². The van der Waals surface area contributed by atoms with E-state index in [-0.39, 0.29) is 11.9 Å². The molecule has 1 aromatic heterocycles. The third-order valence-corrected chi connectivity index (χ3v) is 4.48. The van der Waals surface area contributed by atoms with Crippen LogP contribution in [0.4, 0.5) is 5.69 Å². The van der Waals surface area contributed by atoms with Crippen LogP contribution in [0.25, 0.3) is 0 Å². The summed E-state index contributed by atoms with van der Waals surface area (Å²) in [6, 6.07) is 13.5. The molecule has 0 aliphatic carbocycles. The minimum Gasteiger partial charge on any atom is -0.497 e. The van der Waals surface area contributed by atoms with Crippen molar-refractivity contribution in [2.24, 2.45) is 0 Å². The van der Waals surface area contributed by atoms with Crippen LogP contribution in [0.1, 0.15) is 18.3 Å². The number of hydrogen-bond acceptors (Lipinski definition) is 4. The number of carbonyl (C=O) groups is 1. The van der Waals surface area contributed by atoms with Crippen molar-refractivity contribution in [2.45, 2.75) is 26.4 Å². The average Bonchev–Trinajstić information content (AvgIpc) is 2.59. The van der Waals surface area contributed by atoms with Crippen molar-refractivity contribution in [2.75, 3.05) is 25.1 Å². The topological polar surface area (TPSA) is 45.7 Å². The molecule has 5 heteroatoms. The molecule has 2 heterocycles. The maximum absolute atomic E-state index is 12.8. The Morgan fingerprint density at radius 1 is 1.17 bits per heavy atom. The van der Waals surface area contributed by atoms with Crippen LogP contribution in [0.5, 0.6) is 5.75 Å². The van der Waals surface area contributed by atoms with E-state index in [1.54, 1.807) is 7.11 Å². The van der Waals surface area contributed by atoms with Gasteiger partial charge in [-0.05, 0) is 50.2 Å². The molecule has 1 saturated heterocycles. The molecule has 1 amide bonds. The van der Waals surface area contributed by atoms with Crippen LogP contribution in [-0.4, -0.2) is 42.0 Å². The monoisotopic (exact) mass is 325 g/mol. The van der Waals surface area contributed by atoms with Crippen molar-refractivity contribution in [3.63, 3.8) is 0 Å². The second-order valence-corrected chi connectivity index (χ2v) is 6.10. The summed E-state index contributed by atoms with van der Waals surface area (Å²) in [5.74, 6) is 0.919. The predicted molar refractivity (Wildman–Crippen MR) is 94.2 cm³/mol. The van der Waals surface area contributed by atoms with Crippen LogP contribution < -0.4 is 9.64 Å². The number of carbonyl (C=O) groups excluding carboxylic acids is 1. The zero-order valence-electron chi connectivity index (χ0n) is 14.4. The van der Waals surface area contributed by atoms with E-state index in [4.69, 9.17) is 4.74 Å². The lowest BCUT2D eigenvalue weighted by atomic mass is 10.1. The second kappa shape index (κ2) is 7.01. The van der Waals surface area contributed by atoms with E-state index in [0.717, 1.165) is 29.4 Å². The summed E-state index contributed by atoms with van der Waals surface area (Å²) in [4.78, 5) is 21.4. The molecule has 0 saturated carbocycles. The number of anilines is 1. The molecular formula is C19H23N3O2. The Hall–Kier alpha value is -2.40. The number of amides is 1. The van der Waals surface area contributed by atoms with Crippen LogP contribution >= 0.6 is 0 Å². The number of aromatic nitrogens is 1. The van der Waals surface area contributed by atoms with Gasteiger partial charge in [-0.15, -0.1) is 0 Å². The van der Waals surface area contributed by atoms with Crippen molar-refractivity contribution in [3.8, 4) is 5.75 Å². The second-order valence-electron chi connectivity index (χ2n) is 6.10. The summed E-state index contributed by atoms with van der Waals surface area (Å²) < 4.78 is 5.18. The van der Waals surface area contributed by atoms with Crippen LogP contribution in [0.2, 0.25) is 0 Å². The lowest BCUT2D eigenvalue weighted by molar-refractivity contribution is -0.125. The first-order chi connectivity index (χ1) is 11.6. The molecule has 3 rings (SSSR count). The zero-order chi connectivity index (χ0) is 17.1. The molecule has 2 aromatic rings. The van der Waals surface area contributed by atoms with E-state index >= 15 is 0 Å². The van der Waals surface area contributed by atoms with Crippen molar-refractivity contribution >= 4 is 11.6 Å². The summed E-state index contributed by atoms with van der Waals surface area (Å²) in [6.07, 6.45) is 0. The number of ether oxygens (including phenoxy) is 1. The molecule has 1 aliphatic rings. The molecule has 5 nitrogen and oxygen atoms in total. The molecular weight excluding hydrogens is 302 g/mol. The zero-order valence-corrected chi connectivity index (χ0v) is 14.4. The number of methoxy groups -OCH3 is 1. The smallest absolute Gasteiger partial charge is 0.244 e. The Kier molecular flexibility index (Phi) is 4.81. The normalized spacial score (nSPS) is 18.7. The number of benzene rings is 1. The number of nitrogens with zero attached hydrogens (tertiary/aromatic N) is 3. The van der Waals surface area contributed by atoms with E-state index < -0.39 is 0 Å². The fourth-order valence-electron chi connectivity index (χ4n) is 3.04. The first-order valence-corrected chi connectivity index (χ1v) is 8.20. The molecule has 0 radical (unpaired) electrons. The Labute approximate surface area is 142 Å². The van der Waals surface area contributed by atoms with Crippen LogP contribution in [0.3, 0.4) is 0 Å². The standard InChI is InChI=1S/C19H23N3O2/c1-14-5-4-6-16(20-14)13-21-11-12-22(19(23)15(21)2)17-7-9-18(24-3)10-8-17/h4-10,15H,11-13H2,1-3H3/t15-/m1/s1. The van der Waals surface area contributed by atoms with Gasteiger partial charge >= 0.3 is 0 Å². The molecule has 0 N–H and O–H groups in total. The lowest BCUT2D eigenvalue weighted by Gasteiger charge is -2.39. The summed E-state index contributed by atoms with van der Waals surface area (Å²) in [5.41, 5.74) is 2.93. The maximum Gasteiger partial charge on any atom is 0.244 e. The predicted octanol–water partition coefficient (Wildman–Crippen LogP) is 2.64. The Bertz CT molecular complexity index is 715. The Morgan fingerprint density at radius 3 is 2.58 bits per heavy atom. The summed E-state index contributed by atoms with van der Waals surface area (Å²) in [6.45, 7) is 6.16. The quantitative estimate of drug-likeness (QED) is 0.867. The number of pyridine rings is 1. The molecule has 0 bridgehead atoms. The van der Waals surface area contributed by atoms with Gasteiger partial charge in [0.1, 0.15) is 5.75 Å². The fraction of sp³-hybridized carbons (Fsp3) is 0.368. The van der Waals surface area contributed by atoms with Gasteiger partial charge in [0.2, 0.25) is 5.91 Å². The van der Waals surface area contributed by atoms with E-state index in [0.29, 0.717) is 13.1 Å². The summed E-state index contributed by atoms with van der Waals surface area (Å²) >= 11 is 0. The Morgan fingerprint density at radius 2 is 1.92 bits per heavy atom. The summed E-state index contributed by atoms with van der Waals surface area (Å²) in [7, 11) is 1.64. The average molecular weight is 325 g/mol. The van der Waals surface area contributed by atoms with Crippen molar-refractivity contribution in [1.29, 1.82) is 0 Å². The van der Waals surface area contributed by atoms with Gasteiger partial charge in [-0.2, -0.15) is 0 Å². The molecule has 0 unspecified atom stereocenters. The highest BCUT2D eigenvalue weighted by Gasteiger charge is 2.32. The van der Waals surface area contributed by atoms with Crippen molar-refractivity contribution < 1.29 is 9.53 Å². The highest BCUT2D eigenvalue weighted by molar-refractivity contribution is 5.97. The third kappa shape index (κ3) is 3.41. The molecule has 1 aromatic carbocycles. The molecule has 1 fully saturated rings.